The summed E-state index contributed by atoms with van der Waals surface area (Å²) in [5.41, 5.74) is 7.48. The Morgan fingerprint density at radius 3 is 1.94 bits per heavy atom. The third-order valence-electron chi connectivity index (χ3n) is 5.26. The Labute approximate surface area is 195 Å². The summed E-state index contributed by atoms with van der Waals surface area (Å²) in [5.74, 6) is 6.25. The molecule has 0 aromatic heterocycles. The molecule has 0 saturated heterocycles. The maximum absolute atomic E-state index is 6.85. The van der Waals surface area contributed by atoms with Crippen LogP contribution in [0.5, 0.6) is 0 Å². The van der Waals surface area contributed by atoms with Crippen molar-refractivity contribution in [2.24, 2.45) is 0 Å². The number of hydrogen-bond donors (Lipinski definition) is 1. The molecule has 0 bridgehead atoms. The molecule has 31 heavy (non-hydrogen) atoms. The van der Waals surface area contributed by atoms with Gasteiger partial charge in [-0.05, 0) is 49.6 Å². The SMILES string of the molecule is CC(C)(C)[Si](OC/C=C(\Br)C#Cc1ccccc1N)(c1ccccc1)c1ccccc1. The molecule has 158 valence electrons. The predicted octanol–water partition coefficient (Wildman–Crippen LogP) is 5.48. The van der Waals surface area contributed by atoms with Gasteiger partial charge < -0.3 is 10.2 Å². The van der Waals surface area contributed by atoms with E-state index < -0.39 is 8.32 Å². The Bertz CT molecular complexity index is 1050. The highest BCUT2D eigenvalue weighted by molar-refractivity contribution is 9.12. The van der Waals surface area contributed by atoms with Crippen LogP contribution in [0.1, 0.15) is 26.3 Å². The topological polar surface area (TPSA) is 35.2 Å². The van der Waals surface area contributed by atoms with Gasteiger partial charge in [0.1, 0.15) is 0 Å². The van der Waals surface area contributed by atoms with Gasteiger partial charge in [0.25, 0.3) is 8.32 Å². The van der Waals surface area contributed by atoms with E-state index in [1.807, 2.05) is 30.3 Å². The fraction of sp³-hybridized carbons (Fsp3) is 0.185. The van der Waals surface area contributed by atoms with E-state index >= 15 is 0 Å². The van der Waals surface area contributed by atoms with Crippen LogP contribution in [-0.4, -0.2) is 14.9 Å². The van der Waals surface area contributed by atoms with Crippen LogP contribution >= 0.6 is 15.9 Å². The maximum atomic E-state index is 6.85. The normalized spacial score (nSPS) is 12.2. The number of halogens is 1. The van der Waals surface area contributed by atoms with Gasteiger partial charge in [-0.25, -0.2) is 0 Å². The van der Waals surface area contributed by atoms with Crippen molar-refractivity contribution in [3.8, 4) is 11.8 Å². The lowest BCUT2D eigenvalue weighted by molar-refractivity contribution is 0.339. The lowest BCUT2D eigenvalue weighted by Gasteiger charge is -2.42. The first kappa shape index (κ1) is 23.1. The lowest BCUT2D eigenvalue weighted by atomic mass is 10.2. The van der Waals surface area contributed by atoms with Crippen LogP contribution in [0.2, 0.25) is 5.04 Å². The first-order valence-corrected chi connectivity index (χ1v) is 13.0. The molecular formula is C27H28BrNOSi. The monoisotopic (exact) mass is 489 g/mol. The molecule has 0 aliphatic heterocycles. The predicted molar refractivity (Wildman–Crippen MR) is 138 cm³/mol. The fourth-order valence-corrected chi connectivity index (χ4v) is 8.51. The third kappa shape index (κ3) is 5.37. The van der Waals surface area contributed by atoms with Gasteiger partial charge in [-0.2, -0.15) is 0 Å². The molecule has 0 heterocycles. The molecule has 0 aliphatic carbocycles. The van der Waals surface area contributed by atoms with E-state index in [-0.39, 0.29) is 5.04 Å². The zero-order valence-corrected chi connectivity index (χ0v) is 20.8. The Kier molecular flexibility index (Phi) is 7.56. The standard InChI is InChI=1S/C27H28BrNOSi/c1-27(2,3)31(24-13-6-4-7-14-24,25-15-8-5-9-16-25)30-21-20-23(28)19-18-22-12-10-11-17-26(22)29/h4-17,20H,21,29H2,1-3H3/b23-20-. The van der Waals surface area contributed by atoms with Crippen molar-refractivity contribution in [3.63, 3.8) is 0 Å². The first-order chi connectivity index (χ1) is 14.8. The minimum absolute atomic E-state index is 0.0554. The van der Waals surface area contributed by atoms with Gasteiger partial charge in [-0.1, -0.05) is 105 Å². The Balaban J connectivity index is 1.93. The van der Waals surface area contributed by atoms with Crippen molar-refractivity contribution in [1.29, 1.82) is 0 Å². The van der Waals surface area contributed by atoms with E-state index in [4.69, 9.17) is 10.2 Å². The number of allylic oxidation sites excluding steroid dienone is 1. The van der Waals surface area contributed by atoms with Crippen LogP contribution in [0.4, 0.5) is 5.69 Å². The van der Waals surface area contributed by atoms with Crippen molar-refractivity contribution >= 4 is 40.3 Å². The molecule has 0 aliphatic rings. The number of anilines is 1. The Hall–Kier alpha value is -2.58. The van der Waals surface area contributed by atoms with Crippen molar-refractivity contribution in [2.75, 3.05) is 12.3 Å². The molecule has 0 atom stereocenters. The second-order valence-electron chi connectivity index (χ2n) is 8.36. The van der Waals surface area contributed by atoms with Gasteiger partial charge in [0.05, 0.1) is 11.1 Å². The van der Waals surface area contributed by atoms with Gasteiger partial charge in [-0.3, -0.25) is 0 Å². The quantitative estimate of drug-likeness (QED) is 0.292. The molecule has 2 N–H and O–H groups in total. The fourth-order valence-electron chi connectivity index (χ4n) is 3.79. The highest BCUT2D eigenvalue weighted by atomic mass is 79.9. The molecule has 0 saturated carbocycles. The van der Waals surface area contributed by atoms with Gasteiger partial charge in [0.15, 0.2) is 0 Å². The van der Waals surface area contributed by atoms with Crippen LogP contribution in [0, 0.1) is 11.8 Å². The number of benzene rings is 3. The van der Waals surface area contributed by atoms with Crippen LogP contribution in [0.3, 0.4) is 0 Å². The van der Waals surface area contributed by atoms with Gasteiger partial charge >= 0.3 is 0 Å². The summed E-state index contributed by atoms with van der Waals surface area (Å²) in [6.45, 7) is 7.29. The molecule has 0 spiro atoms. The van der Waals surface area contributed by atoms with Crippen molar-refractivity contribution < 1.29 is 4.43 Å². The van der Waals surface area contributed by atoms with Crippen LogP contribution < -0.4 is 16.1 Å². The summed E-state index contributed by atoms with van der Waals surface area (Å²) in [4.78, 5) is 0. The molecule has 4 heteroatoms. The van der Waals surface area contributed by atoms with Gasteiger partial charge in [0.2, 0.25) is 0 Å². The van der Waals surface area contributed by atoms with Crippen LogP contribution in [0.25, 0.3) is 0 Å². The average Bonchev–Trinajstić information content (AvgIpc) is 2.76. The second kappa shape index (κ2) is 10.1. The number of rotatable bonds is 5. The number of para-hydroxylation sites is 1. The molecule has 3 rings (SSSR count). The molecule has 0 radical (unpaired) electrons. The van der Waals surface area contributed by atoms with E-state index in [0.29, 0.717) is 12.3 Å². The van der Waals surface area contributed by atoms with E-state index in [1.165, 1.54) is 10.4 Å². The molecule has 0 amide bonds. The number of hydrogen-bond acceptors (Lipinski definition) is 2. The summed E-state index contributed by atoms with van der Waals surface area (Å²) in [6, 6.07) is 28.9. The zero-order valence-electron chi connectivity index (χ0n) is 18.2. The summed E-state index contributed by atoms with van der Waals surface area (Å²) < 4.78 is 7.64. The second-order valence-corrected chi connectivity index (χ2v) is 13.5. The van der Waals surface area contributed by atoms with E-state index in [9.17, 15) is 0 Å². The zero-order chi connectivity index (χ0) is 22.3. The minimum Gasteiger partial charge on any atom is -0.404 e. The molecule has 3 aromatic rings. The van der Waals surface area contributed by atoms with E-state index in [2.05, 4.69) is 109 Å². The Morgan fingerprint density at radius 1 is 0.903 bits per heavy atom. The maximum Gasteiger partial charge on any atom is 0.261 e. The molecule has 0 unspecified atom stereocenters. The average molecular weight is 491 g/mol. The molecule has 0 fully saturated rings. The summed E-state index contributed by atoms with van der Waals surface area (Å²) in [5, 5.41) is 2.47. The summed E-state index contributed by atoms with van der Waals surface area (Å²) >= 11 is 3.57. The van der Waals surface area contributed by atoms with Gasteiger partial charge in [0, 0.05) is 11.3 Å². The van der Waals surface area contributed by atoms with E-state index in [1.54, 1.807) is 0 Å². The number of nitrogens with two attached hydrogens (primary N) is 1. The third-order valence-corrected chi connectivity index (χ3v) is 10.8. The van der Waals surface area contributed by atoms with Crippen molar-refractivity contribution in [1.82, 2.24) is 0 Å². The van der Waals surface area contributed by atoms with Crippen molar-refractivity contribution in [2.45, 2.75) is 25.8 Å². The smallest absolute Gasteiger partial charge is 0.261 e. The first-order valence-electron chi connectivity index (χ1n) is 10.3. The molecule has 3 aromatic carbocycles. The highest BCUT2D eigenvalue weighted by Gasteiger charge is 2.49. The highest BCUT2D eigenvalue weighted by Crippen LogP contribution is 2.36. The summed E-state index contributed by atoms with van der Waals surface area (Å²) in [7, 11) is -2.55. The lowest BCUT2D eigenvalue weighted by Crippen LogP contribution is -2.66. The largest absolute Gasteiger partial charge is 0.404 e. The summed E-state index contributed by atoms with van der Waals surface area (Å²) in [6.07, 6.45) is 1.99. The van der Waals surface area contributed by atoms with E-state index in [0.717, 1.165) is 10.0 Å². The number of nitrogen functional groups attached to an aromatic ring is 1. The molecule has 2 nitrogen and oxygen atoms in total. The van der Waals surface area contributed by atoms with Crippen LogP contribution in [-0.2, 0) is 4.43 Å². The Morgan fingerprint density at radius 2 is 1.42 bits per heavy atom. The van der Waals surface area contributed by atoms with Crippen LogP contribution in [0.15, 0.2) is 95.5 Å². The van der Waals surface area contributed by atoms with Crippen molar-refractivity contribution in [3.05, 3.63) is 101 Å². The van der Waals surface area contributed by atoms with Gasteiger partial charge in [-0.15, -0.1) is 0 Å². The molecular weight excluding hydrogens is 462 g/mol. The minimum atomic E-state index is -2.55.